The fraction of sp³-hybridized carbons (Fsp3) is 0.348. The molecule has 5 rings (SSSR count). The Morgan fingerprint density at radius 3 is 2.30 bits per heavy atom. The minimum absolute atomic E-state index is 0.206. The number of piperidine rings is 1. The summed E-state index contributed by atoms with van der Waals surface area (Å²) in [6.45, 7) is 0. The molecule has 27 heavy (non-hydrogen) atoms. The monoisotopic (exact) mass is 361 g/mol. The molecule has 2 fully saturated rings. The summed E-state index contributed by atoms with van der Waals surface area (Å²) in [7, 11) is 2.28. The highest BCUT2D eigenvalue weighted by atomic mass is 19.1. The summed E-state index contributed by atoms with van der Waals surface area (Å²) >= 11 is 0. The van der Waals surface area contributed by atoms with Gasteiger partial charge < -0.3 is 9.88 Å². The number of rotatable bonds is 3. The van der Waals surface area contributed by atoms with Crippen molar-refractivity contribution >= 4 is 0 Å². The Bertz CT molecular complexity index is 918. The number of hydrogen-bond acceptors (Lipinski definition) is 2. The number of nitrogens with one attached hydrogen (secondary N) is 1. The summed E-state index contributed by atoms with van der Waals surface area (Å²) < 4.78 is 13.4. The van der Waals surface area contributed by atoms with E-state index in [4.69, 9.17) is 0 Å². The first-order chi connectivity index (χ1) is 13.2. The molecule has 0 radical (unpaired) electrons. The van der Waals surface area contributed by atoms with Crippen LogP contribution in [0.5, 0.6) is 0 Å². The molecule has 2 saturated heterocycles. The molecule has 1 N–H and O–H groups in total. The molecule has 3 nitrogen and oxygen atoms in total. The van der Waals surface area contributed by atoms with Crippen LogP contribution in [0.25, 0.3) is 22.4 Å². The Morgan fingerprint density at radius 2 is 1.63 bits per heavy atom. The predicted octanol–water partition coefficient (Wildman–Crippen LogP) is 5.22. The number of pyridine rings is 1. The lowest BCUT2D eigenvalue weighted by atomic mass is 9.82. The molecule has 2 unspecified atom stereocenters. The fourth-order valence-electron chi connectivity index (χ4n) is 5.10. The molecule has 0 aliphatic carbocycles. The van der Waals surface area contributed by atoms with Gasteiger partial charge in [0.2, 0.25) is 0 Å². The van der Waals surface area contributed by atoms with Crippen molar-refractivity contribution in [3.63, 3.8) is 0 Å². The Kier molecular flexibility index (Phi) is 4.09. The molecule has 2 atom stereocenters. The van der Waals surface area contributed by atoms with Crippen LogP contribution in [0.4, 0.5) is 4.39 Å². The van der Waals surface area contributed by atoms with Crippen LogP contribution in [0, 0.1) is 5.82 Å². The summed E-state index contributed by atoms with van der Waals surface area (Å²) in [5.41, 5.74) is 5.91. The highest BCUT2D eigenvalue weighted by molar-refractivity contribution is 5.84. The number of aromatic amines is 1. The molecule has 2 aliphatic rings. The molecule has 3 aromatic rings. The maximum atomic E-state index is 13.4. The predicted molar refractivity (Wildman–Crippen MR) is 106 cm³/mol. The van der Waals surface area contributed by atoms with Gasteiger partial charge in [-0.25, -0.2) is 4.39 Å². The largest absolute Gasteiger partial charge is 0.360 e. The number of halogens is 1. The summed E-state index contributed by atoms with van der Waals surface area (Å²) in [5, 5.41) is 0. The smallest absolute Gasteiger partial charge is 0.123 e. The van der Waals surface area contributed by atoms with E-state index in [0.717, 1.165) is 11.3 Å². The van der Waals surface area contributed by atoms with Crippen LogP contribution < -0.4 is 0 Å². The average molecular weight is 361 g/mol. The maximum absolute atomic E-state index is 13.4. The van der Waals surface area contributed by atoms with Crippen LogP contribution in [0.2, 0.25) is 0 Å². The van der Waals surface area contributed by atoms with Crippen molar-refractivity contribution in [2.45, 2.75) is 43.7 Å². The topological polar surface area (TPSA) is 31.9 Å². The van der Waals surface area contributed by atoms with Gasteiger partial charge in [-0.3, -0.25) is 4.98 Å². The van der Waals surface area contributed by atoms with Gasteiger partial charge in [-0.15, -0.1) is 0 Å². The number of nitrogens with zero attached hydrogens (tertiary/aromatic N) is 2. The molecule has 2 aromatic heterocycles. The van der Waals surface area contributed by atoms with Crippen molar-refractivity contribution in [1.29, 1.82) is 0 Å². The van der Waals surface area contributed by atoms with E-state index in [2.05, 4.69) is 40.2 Å². The van der Waals surface area contributed by atoms with Crippen molar-refractivity contribution in [1.82, 2.24) is 14.9 Å². The lowest BCUT2D eigenvalue weighted by molar-refractivity contribution is 0.162. The van der Waals surface area contributed by atoms with E-state index in [1.807, 2.05) is 24.5 Å². The van der Waals surface area contributed by atoms with Crippen molar-refractivity contribution in [3.8, 4) is 22.4 Å². The van der Waals surface area contributed by atoms with Crippen molar-refractivity contribution < 1.29 is 4.39 Å². The number of fused-ring (bicyclic) bond motifs is 2. The molecule has 0 spiro atoms. The van der Waals surface area contributed by atoms with Gasteiger partial charge in [0.25, 0.3) is 0 Å². The zero-order valence-corrected chi connectivity index (χ0v) is 15.5. The van der Waals surface area contributed by atoms with E-state index in [-0.39, 0.29) is 5.82 Å². The van der Waals surface area contributed by atoms with E-state index >= 15 is 0 Å². The van der Waals surface area contributed by atoms with Crippen LogP contribution in [0.3, 0.4) is 0 Å². The molecule has 1 aromatic carbocycles. The second-order valence-corrected chi connectivity index (χ2v) is 7.96. The molecular formula is C23H24FN3. The van der Waals surface area contributed by atoms with E-state index in [9.17, 15) is 4.39 Å². The van der Waals surface area contributed by atoms with E-state index in [1.165, 1.54) is 54.5 Å². The average Bonchev–Trinajstić information content (AvgIpc) is 3.20. The van der Waals surface area contributed by atoms with Crippen molar-refractivity contribution in [2.75, 3.05) is 7.05 Å². The molecule has 2 aliphatic heterocycles. The Labute approximate surface area is 159 Å². The van der Waals surface area contributed by atoms with Crippen LogP contribution in [-0.2, 0) is 0 Å². The highest BCUT2D eigenvalue weighted by Crippen LogP contribution is 2.46. The number of hydrogen-bond donors (Lipinski definition) is 1. The number of H-pyrrole nitrogens is 1. The molecular weight excluding hydrogens is 337 g/mol. The highest BCUT2D eigenvalue weighted by Gasteiger charge is 2.40. The molecule has 2 bridgehead atoms. The van der Waals surface area contributed by atoms with Gasteiger partial charge in [0.15, 0.2) is 0 Å². The fourth-order valence-corrected chi connectivity index (χ4v) is 5.10. The quantitative estimate of drug-likeness (QED) is 0.693. The van der Waals surface area contributed by atoms with Crippen LogP contribution in [0.1, 0.15) is 37.2 Å². The first kappa shape index (κ1) is 16.7. The zero-order chi connectivity index (χ0) is 18.4. The molecule has 4 heterocycles. The van der Waals surface area contributed by atoms with Crippen LogP contribution in [-0.4, -0.2) is 34.0 Å². The molecule has 0 amide bonds. The summed E-state index contributed by atoms with van der Waals surface area (Å²) in [6.07, 6.45) is 10.9. The molecule has 0 saturated carbocycles. The van der Waals surface area contributed by atoms with Crippen LogP contribution in [0.15, 0.2) is 55.0 Å². The summed E-state index contributed by atoms with van der Waals surface area (Å²) in [4.78, 5) is 10.3. The van der Waals surface area contributed by atoms with E-state index in [0.29, 0.717) is 18.0 Å². The minimum Gasteiger partial charge on any atom is -0.360 e. The van der Waals surface area contributed by atoms with Crippen LogP contribution >= 0.6 is 0 Å². The summed E-state index contributed by atoms with van der Waals surface area (Å²) in [5.74, 6) is 0.357. The van der Waals surface area contributed by atoms with Gasteiger partial charge in [0.1, 0.15) is 5.82 Å². The van der Waals surface area contributed by atoms with Gasteiger partial charge in [-0.2, -0.15) is 0 Å². The van der Waals surface area contributed by atoms with Crippen molar-refractivity contribution in [3.05, 3.63) is 66.4 Å². The second-order valence-electron chi connectivity index (χ2n) is 7.96. The molecule has 138 valence electrons. The third-order valence-corrected chi connectivity index (χ3v) is 6.55. The Hall–Kier alpha value is -2.46. The van der Waals surface area contributed by atoms with E-state index in [1.54, 1.807) is 0 Å². The van der Waals surface area contributed by atoms with Gasteiger partial charge in [-0.05, 0) is 91.7 Å². The van der Waals surface area contributed by atoms with Gasteiger partial charge in [0, 0.05) is 36.2 Å². The maximum Gasteiger partial charge on any atom is 0.123 e. The Morgan fingerprint density at radius 1 is 0.963 bits per heavy atom. The van der Waals surface area contributed by atoms with Crippen molar-refractivity contribution in [2.24, 2.45) is 0 Å². The zero-order valence-electron chi connectivity index (χ0n) is 15.5. The summed E-state index contributed by atoms with van der Waals surface area (Å²) in [6, 6.07) is 12.3. The normalized spacial score (nSPS) is 25.0. The third-order valence-electron chi connectivity index (χ3n) is 6.55. The lowest BCUT2D eigenvalue weighted by Crippen LogP contribution is -2.39. The van der Waals surface area contributed by atoms with E-state index < -0.39 is 0 Å². The molecule has 4 heteroatoms. The first-order valence-corrected chi connectivity index (χ1v) is 9.80. The lowest BCUT2D eigenvalue weighted by Gasteiger charge is -2.36. The minimum atomic E-state index is -0.206. The number of benzene rings is 1. The standard InChI is InChI=1S/C23H24FN3/c1-27-19-6-7-20(27)13-17(12-19)21-14-26-23(16-2-4-18(24)5-3-16)22(21)15-8-10-25-11-9-15/h2-5,8-11,14,17,19-20,26H,6-7,12-13H2,1H3. The SMILES string of the molecule is CN1C2CCC1CC(c1c[nH]c(-c3ccc(F)cc3)c1-c1ccncc1)C2. The third kappa shape index (κ3) is 2.88. The Balaban J connectivity index is 1.61. The number of aromatic nitrogens is 2. The van der Waals surface area contributed by atoms with Gasteiger partial charge in [-0.1, -0.05) is 0 Å². The van der Waals surface area contributed by atoms with Gasteiger partial charge >= 0.3 is 0 Å². The van der Waals surface area contributed by atoms with Gasteiger partial charge in [0.05, 0.1) is 5.69 Å². The second kappa shape index (κ2) is 6.61. The first-order valence-electron chi connectivity index (χ1n) is 9.80.